The minimum atomic E-state index is -3.65. The van der Waals surface area contributed by atoms with Crippen LogP contribution in [0.2, 0.25) is 0 Å². The van der Waals surface area contributed by atoms with Gasteiger partial charge in [0.2, 0.25) is 29.6 Å². The Labute approximate surface area is 104 Å². The first-order valence-electron chi connectivity index (χ1n) is 0.926. The fraction of sp³-hybridized carbons (Fsp3) is 0. The normalized spacial score (nSPS) is 4.80. The van der Waals surface area contributed by atoms with Crippen molar-refractivity contribution in [2.75, 3.05) is 0 Å². The van der Waals surface area contributed by atoms with Gasteiger partial charge in [-0.1, -0.05) is 0 Å². The molecule has 0 atom stereocenters. The fourth-order valence-corrected chi connectivity index (χ4v) is 0. The summed E-state index contributed by atoms with van der Waals surface area (Å²) in [5, 5.41) is 0. The van der Waals surface area contributed by atoms with Gasteiger partial charge in [0.1, 0.15) is 0 Å². The zero-order valence-electron chi connectivity index (χ0n) is 6.52. The van der Waals surface area contributed by atoms with Gasteiger partial charge in [0.15, 0.2) is 0 Å². The molecule has 15 heavy (non-hydrogen) atoms. The average Bonchev–Trinajstić information content (AvgIpc) is 1.25. The summed E-state index contributed by atoms with van der Waals surface area (Å²) in [4.78, 5) is 0. The molecule has 0 aromatic rings. The van der Waals surface area contributed by atoms with E-state index in [4.69, 9.17) is 25.2 Å². The molecule has 0 aliphatic rings. The van der Waals surface area contributed by atoms with Crippen LogP contribution < -0.4 is 25.2 Å². The zero-order valence-corrected chi connectivity index (χ0v) is 10.7. The van der Waals surface area contributed by atoms with Crippen molar-refractivity contribution in [3.8, 4) is 0 Å². The van der Waals surface area contributed by atoms with Crippen LogP contribution in [0.3, 0.4) is 0 Å². The van der Waals surface area contributed by atoms with Gasteiger partial charge in [0.25, 0.3) is 0 Å². The standard InChI is InChI=1S/2BrO3.Ni.6H2O/c2*2-1(3)4;;;;;;;/h;;;6*1H2/q2*-1;+2;;;;;;. The van der Waals surface area contributed by atoms with Crippen molar-refractivity contribution >= 4 is 0 Å². The molecule has 0 heterocycles. The summed E-state index contributed by atoms with van der Waals surface area (Å²) in [5.41, 5.74) is 0. The first-order chi connectivity index (χ1) is 3.46. The molecule has 12 N–H and O–H groups in total. The van der Waals surface area contributed by atoms with Crippen molar-refractivity contribution in [2.45, 2.75) is 0 Å². The quantitative estimate of drug-likeness (QED) is 0.340. The minimum absolute atomic E-state index is 0. The molecule has 0 spiro atoms. The molecule has 0 amide bonds. The van der Waals surface area contributed by atoms with E-state index in [1.807, 2.05) is 0 Å². The monoisotopic (exact) mass is 420 g/mol. The molecule has 15 heteroatoms. The maximum absolute atomic E-state index is 8.52. The topological polar surface area (TPSA) is 327 Å². The van der Waals surface area contributed by atoms with Crippen LogP contribution in [0.5, 0.6) is 0 Å². The smallest absolute Gasteiger partial charge is 0.412 e. The predicted octanol–water partition coefficient (Wildman–Crippen LogP) is -12.1. The summed E-state index contributed by atoms with van der Waals surface area (Å²) < 4.78 is 51.1. The molecule has 108 valence electrons. The molecule has 0 aliphatic carbocycles. The summed E-state index contributed by atoms with van der Waals surface area (Å²) in [6.07, 6.45) is 0. The van der Waals surface area contributed by atoms with Crippen LogP contribution in [-0.4, -0.2) is 32.9 Å². The Hall–Kier alpha value is 0.974. The number of rotatable bonds is 0. The van der Waals surface area contributed by atoms with Gasteiger partial charge in [-0.05, 0) is 0 Å². The van der Waals surface area contributed by atoms with Gasteiger partial charge in [-0.2, -0.15) is 0 Å². The minimum Gasteiger partial charge on any atom is -0.412 e. The van der Waals surface area contributed by atoms with E-state index in [1.165, 1.54) is 0 Å². The Morgan fingerprint density at radius 3 is 0.400 bits per heavy atom. The Kier molecular flexibility index (Phi) is 295. The van der Waals surface area contributed by atoms with Gasteiger partial charge in [-0.3, -0.25) is 0 Å². The first kappa shape index (κ1) is 73.6. The van der Waals surface area contributed by atoms with Crippen LogP contribution >= 0.6 is 0 Å². The van der Waals surface area contributed by atoms with Crippen molar-refractivity contribution in [1.82, 2.24) is 0 Å². The largest absolute Gasteiger partial charge is 2.00 e. The van der Waals surface area contributed by atoms with Crippen LogP contribution in [0.15, 0.2) is 0 Å². The maximum atomic E-state index is 8.52. The molecule has 0 rings (SSSR count). The average molecular weight is 423 g/mol. The SMILES string of the molecule is O.O.O.O.O.O.[Ni+2].[O-][Br+2]([O-])[O-].[O-][Br+2]([O-])[O-]. The van der Waals surface area contributed by atoms with Crippen molar-refractivity contribution in [2.24, 2.45) is 0 Å². The number of hydrogen-bond donors (Lipinski definition) is 0. The van der Waals surface area contributed by atoms with E-state index in [1.54, 1.807) is 0 Å². The fourth-order valence-electron chi connectivity index (χ4n) is 0. The predicted molar refractivity (Wildman–Crippen MR) is 21.7 cm³/mol. The van der Waals surface area contributed by atoms with Crippen molar-refractivity contribution in [1.29, 1.82) is 0 Å². The van der Waals surface area contributed by atoms with Crippen LogP contribution in [0.4, 0.5) is 0 Å². The van der Waals surface area contributed by atoms with E-state index in [2.05, 4.69) is 0 Å². The maximum Gasteiger partial charge on any atom is 2.00 e. The molecular weight excluding hydrogens is 410 g/mol. The van der Waals surface area contributed by atoms with E-state index in [-0.39, 0.29) is 49.3 Å². The third kappa shape index (κ3) is 2660. The Morgan fingerprint density at radius 2 is 0.400 bits per heavy atom. The summed E-state index contributed by atoms with van der Waals surface area (Å²) in [6, 6.07) is 0. The molecule has 0 saturated heterocycles. The molecule has 0 aromatic heterocycles. The Bertz CT molecular complexity index is 29.1. The van der Waals surface area contributed by atoms with Crippen LogP contribution in [0.1, 0.15) is 0 Å². The van der Waals surface area contributed by atoms with Gasteiger partial charge in [-0.25, -0.2) is 0 Å². The van der Waals surface area contributed by atoms with Crippen LogP contribution in [-0.2, 0) is 16.5 Å². The second-order valence-corrected chi connectivity index (χ2v) is 1.96. The van der Waals surface area contributed by atoms with Gasteiger partial charge in [0, 0.05) is 0 Å². The van der Waals surface area contributed by atoms with Crippen LogP contribution in [0, 0.1) is 29.6 Å². The second-order valence-electron chi connectivity index (χ2n) is 0.378. The van der Waals surface area contributed by atoms with E-state index in [0.717, 1.165) is 0 Å². The van der Waals surface area contributed by atoms with Crippen molar-refractivity contribution < 1.29 is 104 Å². The third-order valence-corrected chi connectivity index (χ3v) is 0. The van der Waals surface area contributed by atoms with Crippen molar-refractivity contribution in [3.63, 3.8) is 0 Å². The summed E-state index contributed by atoms with van der Waals surface area (Å²) in [7, 11) is 0. The molecule has 0 aliphatic heterocycles. The summed E-state index contributed by atoms with van der Waals surface area (Å²) in [6.45, 7) is 0. The number of hydrogen-bond acceptors (Lipinski definition) is 6. The Morgan fingerprint density at radius 1 is 0.400 bits per heavy atom. The zero-order chi connectivity index (χ0) is 7.15. The third-order valence-electron chi connectivity index (χ3n) is 0. The second kappa shape index (κ2) is 60.1. The molecule has 0 aromatic carbocycles. The van der Waals surface area contributed by atoms with E-state index in [9.17, 15) is 0 Å². The van der Waals surface area contributed by atoms with E-state index < -0.39 is 29.6 Å². The molecular formula is H12Br2NiO12. The molecule has 0 unspecified atom stereocenters. The molecule has 0 bridgehead atoms. The van der Waals surface area contributed by atoms with Gasteiger partial charge in [0.05, 0.1) is 0 Å². The Balaban J connectivity index is -0.00000000468. The number of halogens is 2. The van der Waals surface area contributed by atoms with Gasteiger partial charge >= 0.3 is 16.5 Å². The molecule has 0 saturated carbocycles. The summed E-state index contributed by atoms with van der Waals surface area (Å²) >= 11 is -7.29. The summed E-state index contributed by atoms with van der Waals surface area (Å²) in [5.74, 6) is 0. The van der Waals surface area contributed by atoms with Gasteiger partial charge in [-0.15, -0.1) is 0 Å². The molecule has 12 nitrogen and oxygen atoms in total. The van der Waals surface area contributed by atoms with E-state index in [0.29, 0.717) is 0 Å². The first-order valence-corrected chi connectivity index (χ1v) is 4.81. The molecule has 0 fully saturated rings. The molecule has 0 radical (unpaired) electrons. The van der Waals surface area contributed by atoms with Crippen LogP contribution in [0.25, 0.3) is 0 Å². The van der Waals surface area contributed by atoms with E-state index >= 15 is 0 Å². The van der Waals surface area contributed by atoms with Crippen molar-refractivity contribution in [3.05, 3.63) is 0 Å². The van der Waals surface area contributed by atoms with Gasteiger partial charge < -0.3 is 58.0 Å².